The maximum Gasteiger partial charge on any atom is 0.240 e. The van der Waals surface area contributed by atoms with E-state index in [9.17, 15) is 4.39 Å². The lowest BCUT2D eigenvalue weighted by molar-refractivity contribution is 0.215. The summed E-state index contributed by atoms with van der Waals surface area (Å²) in [5.74, 6) is 1.86. The maximum absolute atomic E-state index is 13.3. The lowest BCUT2D eigenvalue weighted by Gasteiger charge is -2.34. The number of hydrogen-bond donors (Lipinski definition) is 0. The summed E-state index contributed by atoms with van der Waals surface area (Å²) in [4.78, 5) is 8.71. The zero-order valence-corrected chi connectivity index (χ0v) is 14.5. The number of aromatic nitrogens is 4. The van der Waals surface area contributed by atoms with Crippen LogP contribution in [0.25, 0.3) is 11.3 Å². The number of nitrogens with zero attached hydrogens (tertiary/aromatic N) is 6. The molecule has 0 atom stereocenters. The molecule has 1 aromatic carbocycles. The van der Waals surface area contributed by atoms with E-state index in [4.69, 9.17) is 4.52 Å². The summed E-state index contributed by atoms with van der Waals surface area (Å²) in [5, 5.41) is 12.4. The largest absolute Gasteiger partial charge is 0.353 e. The van der Waals surface area contributed by atoms with E-state index in [0.717, 1.165) is 37.6 Å². The van der Waals surface area contributed by atoms with E-state index >= 15 is 0 Å². The Hall–Kier alpha value is -2.87. The molecule has 134 valence electrons. The van der Waals surface area contributed by atoms with Crippen molar-refractivity contribution in [2.75, 3.05) is 31.1 Å². The van der Waals surface area contributed by atoms with Crippen molar-refractivity contribution in [3.63, 3.8) is 0 Å². The van der Waals surface area contributed by atoms with Gasteiger partial charge in [0.1, 0.15) is 5.82 Å². The summed E-state index contributed by atoms with van der Waals surface area (Å²) < 4.78 is 18.5. The van der Waals surface area contributed by atoms with Gasteiger partial charge in [0.25, 0.3) is 0 Å². The fourth-order valence-electron chi connectivity index (χ4n) is 3.03. The molecule has 7 nitrogen and oxygen atoms in total. The first-order chi connectivity index (χ1) is 12.7. The fraction of sp³-hybridized carbons (Fsp3) is 0.333. The number of hydrogen-bond acceptors (Lipinski definition) is 7. The van der Waals surface area contributed by atoms with Gasteiger partial charge >= 0.3 is 0 Å². The topological polar surface area (TPSA) is 71.2 Å². The molecule has 1 fully saturated rings. The molecule has 1 saturated heterocycles. The minimum absolute atomic E-state index is 0.277. The Balaban J connectivity index is 1.37. The van der Waals surface area contributed by atoms with Crippen LogP contribution in [-0.4, -0.2) is 51.4 Å². The van der Waals surface area contributed by atoms with Gasteiger partial charge in [-0.05, 0) is 31.2 Å². The van der Waals surface area contributed by atoms with Gasteiger partial charge in [0.15, 0.2) is 11.6 Å². The highest BCUT2D eigenvalue weighted by Gasteiger charge is 2.20. The van der Waals surface area contributed by atoms with Crippen LogP contribution in [0.1, 0.15) is 11.7 Å². The maximum atomic E-state index is 13.3. The zero-order chi connectivity index (χ0) is 17.9. The van der Waals surface area contributed by atoms with Gasteiger partial charge in [0.2, 0.25) is 5.89 Å². The number of piperazine rings is 1. The molecule has 0 N–H and O–H groups in total. The van der Waals surface area contributed by atoms with E-state index < -0.39 is 0 Å². The van der Waals surface area contributed by atoms with Gasteiger partial charge in [-0.2, -0.15) is 4.98 Å². The molecule has 4 rings (SSSR count). The van der Waals surface area contributed by atoms with Crippen molar-refractivity contribution < 1.29 is 8.91 Å². The lowest BCUT2D eigenvalue weighted by atomic mass is 10.1. The molecule has 26 heavy (non-hydrogen) atoms. The van der Waals surface area contributed by atoms with Crippen LogP contribution in [0.2, 0.25) is 0 Å². The molecule has 0 radical (unpaired) electrons. The van der Waals surface area contributed by atoms with Crippen LogP contribution < -0.4 is 4.90 Å². The predicted molar refractivity (Wildman–Crippen MR) is 94.0 cm³/mol. The third-order valence-corrected chi connectivity index (χ3v) is 4.40. The highest BCUT2D eigenvalue weighted by molar-refractivity contribution is 5.59. The second kappa shape index (κ2) is 7.17. The van der Waals surface area contributed by atoms with Crippen LogP contribution in [0, 0.1) is 12.7 Å². The Kier molecular flexibility index (Phi) is 4.57. The van der Waals surface area contributed by atoms with Crippen molar-refractivity contribution in [1.29, 1.82) is 0 Å². The Bertz CT molecular complexity index is 873. The van der Waals surface area contributed by atoms with Crippen molar-refractivity contribution in [3.05, 3.63) is 53.9 Å². The molecule has 0 spiro atoms. The SMILES string of the molecule is Cc1noc(CN2CCN(c3ccc(-c4cccc(F)c4)nn3)CC2)n1. The molecule has 3 aromatic rings. The molecule has 1 aliphatic rings. The van der Waals surface area contributed by atoms with Crippen LogP contribution in [0.3, 0.4) is 0 Å². The lowest BCUT2D eigenvalue weighted by Crippen LogP contribution is -2.46. The number of anilines is 1. The molecule has 2 aromatic heterocycles. The summed E-state index contributed by atoms with van der Waals surface area (Å²) in [5.41, 5.74) is 1.39. The summed E-state index contributed by atoms with van der Waals surface area (Å²) in [6.07, 6.45) is 0. The van der Waals surface area contributed by atoms with E-state index in [1.165, 1.54) is 12.1 Å². The predicted octanol–water partition coefficient (Wildman–Crippen LogP) is 2.30. The first-order valence-electron chi connectivity index (χ1n) is 8.53. The third kappa shape index (κ3) is 3.70. The number of aryl methyl sites for hydroxylation is 1. The average Bonchev–Trinajstić information content (AvgIpc) is 3.07. The van der Waals surface area contributed by atoms with E-state index in [1.807, 2.05) is 25.1 Å². The van der Waals surface area contributed by atoms with Gasteiger partial charge in [0.05, 0.1) is 12.2 Å². The normalized spacial score (nSPS) is 15.4. The molecule has 0 unspecified atom stereocenters. The first-order valence-corrected chi connectivity index (χ1v) is 8.53. The summed E-state index contributed by atoms with van der Waals surface area (Å²) >= 11 is 0. The Morgan fingerprint density at radius 2 is 1.92 bits per heavy atom. The Labute approximate surface area is 150 Å². The zero-order valence-electron chi connectivity index (χ0n) is 14.5. The molecule has 0 aliphatic carbocycles. The van der Waals surface area contributed by atoms with E-state index in [2.05, 4.69) is 30.1 Å². The highest BCUT2D eigenvalue weighted by atomic mass is 19.1. The van der Waals surface area contributed by atoms with Crippen LogP contribution >= 0.6 is 0 Å². The summed E-state index contributed by atoms with van der Waals surface area (Å²) in [7, 11) is 0. The van der Waals surface area contributed by atoms with Gasteiger partial charge < -0.3 is 9.42 Å². The van der Waals surface area contributed by atoms with Crippen molar-refractivity contribution in [1.82, 2.24) is 25.2 Å². The van der Waals surface area contributed by atoms with Gasteiger partial charge in [0, 0.05) is 31.7 Å². The van der Waals surface area contributed by atoms with Crippen molar-refractivity contribution in [3.8, 4) is 11.3 Å². The monoisotopic (exact) mass is 354 g/mol. The molecular formula is C18H19FN6O. The van der Waals surface area contributed by atoms with Gasteiger partial charge in [-0.1, -0.05) is 17.3 Å². The van der Waals surface area contributed by atoms with Crippen LogP contribution in [-0.2, 0) is 6.54 Å². The quantitative estimate of drug-likeness (QED) is 0.712. The van der Waals surface area contributed by atoms with E-state index in [-0.39, 0.29) is 5.82 Å². The Morgan fingerprint density at radius 3 is 2.58 bits per heavy atom. The van der Waals surface area contributed by atoms with Crippen molar-refractivity contribution >= 4 is 5.82 Å². The standard InChI is InChI=1S/C18H19FN6O/c1-13-20-18(26-23-13)12-24-7-9-25(10-8-24)17-6-5-16(21-22-17)14-3-2-4-15(19)11-14/h2-6,11H,7-10,12H2,1H3. The number of rotatable bonds is 4. The highest BCUT2D eigenvalue weighted by Crippen LogP contribution is 2.20. The third-order valence-electron chi connectivity index (χ3n) is 4.40. The molecule has 8 heteroatoms. The number of benzene rings is 1. The van der Waals surface area contributed by atoms with Crippen molar-refractivity contribution in [2.45, 2.75) is 13.5 Å². The Morgan fingerprint density at radius 1 is 1.08 bits per heavy atom. The second-order valence-corrected chi connectivity index (χ2v) is 6.29. The summed E-state index contributed by atoms with van der Waals surface area (Å²) in [6.45, 7) is 5.95. The minimum Gasteiger partial charge on any atom is -0.353 e. The van der Waals surface area contributed by atoms with Gasteiger partial charge in [-0.25, -0.2) is 4.39 Å². The molecule has 0 saturated carbocycles. The first kappa shape index (κ1) is 16.6. The minimum atomic E-state index is -0.277. The van der Waals surface area contributed by atoms with Crippen LogP contribution in [0.4, 0.5) is 10.2 Å². The van der Waals surface area contributed by atoms with Gasteiger partial charge in [-0.3, -0.25) is 4.90 Å². The molecule has 1 aliphatic heterocycles. The molecule has 0 bridgehead atoms. The van der Waals surface area contributed by atoms with Crippen LogP contribution in [0.5, 0.6) is 0 Å². The fourth-order valence-corrected chi connectivity index (χ4v) is 3.03. The average molecular weight is 354 g/mol. The van der Waals surface area contributed by atoms with E-state index in [1.54, 1.807) is 6.07 Å². The summed E-state index contributed by atoms with van der Waals surface area (Å²) in [6, 6.07) is 10.2. The van der Waals surface area contributed by atoms with Gasteiger partial charge in [-0.15, -0.1) is 10.2 Å². The smallest absolute Gasteiger partial charge is 0.240 e. The van der Waals surface area contributed by atoms with E-state index in [0.29, 0.717) is 24.0 Å². The molecule has 0 amide bonds. The molecular weight excluding hydrogens is 335 g/mol. The van der Waals surface area contributed by atoms with Crippen molar-refractivity contribution in [2.24, 2.45) is 0 Å². The van der Waals surface area contributed by atoms with Crippen LogP contribution in [0.15, 0.2) is 40.9 Å². The molecule has 3 heterocycles. The number of halogens is 1. The second-order valence-electron chi connectivity index (χ2n) is 6.29.